The van der Waals surface area contributed by atoms with Crippen molar-refractivity contribution in [2.24, 2.45) is 11.7 Å². The number of anilines is 1. The van der Waals surface area contributed by atoms with Crippen molar-refractivity contribution in [3.8, 4) is 0 Å². The van der Waals surface area contributed by atoms with Gasteiger partial charge in [0.05, 0.1) is 29.6 Å². The van der Waals surface area contributed by atoms with E-state index in [2.05, 4.69) is 9.88 Å². The van der Waals surface area contributed by atoms with Crippen LogP contribution in [0.3, 0.4) is 0 Å². The fraction of sp³-hybridized carbons (Fsp3) is 0.500. The fourth-order valence-electron chi connectivity index (χ4n) is 2.06. The lowest BCUT2D eigenvalue weighted by atomic mass is 10.1. The van der Waals surface area contributed by atoms with Gasteiger partial charge in [-0.1, -0.05) is 0 Å². The molecule has 5 nitrogen and oxygen atoms in total. The Labute approximate surface area is 100 Å². The zero-order valence-corrected chi connectivity index (χ0v) is 9.84. The third-order valence-electron chi connectivity index (χ3n) is 3.15. The molecular formula is C12H17N3O2. The van der Waals surface area contributed by atoms with Gasteiger partial charge in [0.25, 0.3) is 0 Å². The number of hydrogen-bond acceptors (Lipinski definition) is 4. The molecule has 2 atom stereocenters. The predicted octanol–water partition coefficient (Wildman–Crippen LogP) is 0.446. The van der Waals surface area contributed by atoms with Crippen molar-refractivity contribution in [1.82, 2.24) is 4.98 Å². The maximum Gasteiger partial charge on any atom is 0.222 e. The van der Waals surface area contributed by atoms with Crippen LogP contribution in [0.2, 0.25) is 0 Å². The first-order valence-corrected chi connectivity index (χ1v) is 5.76. The summed E-state index contributed by atoms with van der Waals surface area (Å²) in [6.45, 7) is 3.16. The molecule has 1 aliphatic rings. The maximum absolute atomic E-state index is 11.1. The highest BCUT2D eigenvalue weighted by Crippen LogP contribution is 2.23. The number of primary amides is 1. The number of pyridine rings is 1. The van der Waals surface area contributed by atoms with Gasteiger partial charge in [0.2, 0.25) is 5.91 Å². The van der Waals surface area contributed by atoms with E-state index in [4.69, 9.17) is 5.73 Å². The molecule has 1 amide bonds. The summed E-state index contributed by atoms with van der Waals surface area (Å²) in [5.74, 6) is -0.299. The Hall–Kier alpha value is -1.62. The minimum absolute atomic E-state index is 0.0635. The van der Waals surface area contributed by atoms with E-state index in [1.165, 1.54) is 0 Å². The minimum Gasteiger partial charge on any atom is -0.387 e. The standard InChI is InChI=1S/C12H17N3O2/c1-8(16)11-3-2-10(6-14-11)15-5-4-9(7-15)12(13)17/h2-3,6,8-9,16H,4-5,7H2,1H3,(H2,13,17)/t8-,9?/m1/s1. The van der Waals surface area contributed by atoms with Crippen LogP contribution < -0.4 is 10.6 Å². The summed E-state index contributed by atoms with van der Waals surface area (Å²) < 4.78 is 0. The van der Waals surface area contributed by atoms with Gasteiger partial charge in [-0.15, -0.1) is 0 Å². The van der Waals surface area contributed by atoms with Crippen molar-refractivity contribution in [3.63, 3.8) is 0 Å². The van der Waals surface area contributed by atoms with E-state index in [0.29, 0.717) is 12.2 Å². The normalized spacial score (nSPS) is 21.5. The average Bonchev–Trinajstić information content (AvgIpc) is 2.78. The van der Waals surface area contributed by atoms with Crippen molar-refractivity contribution >= 4 is 11.6 Å². The summed E-state index contributed by atoms with van der Waals surface area (Å²) >= 11 is 0. The van der Waals surface area contributed by atoms with E-state index < -0.39 is 6.10 Å². The summed E-state index contributed by atoms with van der Waals surface area (Å²) in [7, 11) is 0. The van der Waals surface area contributed by atoms with Crippen LogP contribution in [0.15, 0.2) is 18.3 Å². The molecule has 1 aromatic rings. The predicted molar refractivity (Wildman–Crippen MR) is 64.4 cm³/mol. The molecule has 1 aromatic heterocycles. The van der Waals surface area contributed by atoms with Crippen LogP contribution in [0.4, 0.5) is 5.69 Å². The molecular weight excluding hydrogens is 218 g/mol. The Kier molecular flexibility index (Phi) is 3.28. The lowest BCUT2D eigenvalue weighted by Crippen LogP contribution is -2.27. The van der Waals surface area contributed by atoms with Crippen LogP contribution in [0.1, 0.15) is 25.1 Å². The second kappa shape index (κ2) is 4.71. The molecule has 5 heteroatoms. The van der Waals surface area contributed by atoms with Gasteiger partial charge in [0, 0.05) is 13.1 Å². The van der Waals surface area contributed by atoms with Crippen LogP contribution in [0, 0.1) is 5.92 Å². The highest BCUT2D eigenvalue weighted by Gasteiger charge is 2.26. The number of carbonyl (C=O) groups is 1. The number of carbonyl (C=O) groups excluding carboxylic acids is 1. The van der Waals surface area contributed by atoms with E-state index >= 15 is 0 Å². The van der Waals surface area contributed by atoms with Gasteiger partial charge in [-0.05, 0) is 25.5 Å². The zero-order valence-electron chi connectivity index (χ0n) is 9.84. The molecule has 0 radical (unpaired) electrons. The largest absolute Gasteiger partial charge is 0.387 e. The lowest BCUT2D eigenvalue weighted by Gasteiger charge is -2.18. The quantitative estimate of drug-likeness (QED) is 0.797. The fourth-order valence-corrected chi connectivity index (χ4v) is 2.06. The summed E-state index contributed by atoms with van der Waals surface area (Å²) in [5.41, 5.74) is 6.91. The molecule has 0 aliphatic carbocycles. The molecule has 2 heterocycles. The van der Waals surface area contributed by atoms with Crippen LogP contribution in [-0.2, 0) is 4.79 Å². The van der Waals surface area contributed by atoms with E-state index in [9.17, 15) is 9.90 Å². The summed E-state index contributed by atoms with van der Waals surface area (Å²) in [5, 5.41) is 9.36. The Morgan fingerprint density at radius 3 is 2.88 bits per heavy atom. The van der Waals surface area contributed by atoms with Crippen LogP contribution in [-0.4, -0.2) is 29.1 Å². The first kappa shape index (κ1) is 11.9. The minimum atomic E-state index is -0.555. The van der Waals surface area contributed by atoms with Gasteiger partial charge in [-0.25, -0.2) is 0 Å². The topological polar surface area (TPSA) is 79.5 Å². The first-order chi connectivity index (χ1) is 8.08. The highest BCUT2D eigenvalue weighted by atomic mass is 16.3. The van der Waals surface area contributed by atoms with Gasteiger partial charge in [0.1, 0.15) is 0 Å². The van der Waals surface area contributed by atoms with Gasteiger partial charge >= 0.3 is 0 Å². The molecule has 0 aromatic carbocycles. The van der Waals surface area contributed by atoms with E-state index in [1.54, 1.807) is 19.2 Å². The molecule has 2 rings (SSSR count). The third-order valence-corrected chi connectivity index (χ3v) is 3.15. The van der Waals surface area contributed by atoms with Crippen molar-refractivity contribution < 1.29 is 9.90 Å². The molecule has 3 N–H and O–H groups in total. The first-order valence-electron chi connectivity index (χ1n) is 5.76. The summed E-state index contributed by atoms with van der Waals surface area (Å²) in [6, 6.07) is 3.72. The van der Waals surface area contributed by atoms with E-state index in [-0.39, 0.29) is 11.8 Å². The van der Waals surface area contributed by atoms with Crippen LogP contribution in [0.5, 0.6) is 0 Å². The lowest BCUT2D eigenvalue weighted by molar-refractivity contribution is -0.121. The average molecular weight is 235 g/mol. The summed E-state index contributed by atoms with van der Waals surface area (Å²) in [6.07, 6.45) is 1.97. The van der Waals surface area contributed by atoms with Gasteiger partial charge < -0.3 is 15.7 Å². The third kappa shape index (κ3) is 2.55. The highest BCUT2D eigenvalue weighted by molar-refractivity contribution is 5.78. The summed E-state index contributed by atoms with van der Waals surface area (Å²) in [4.78, 5) is 17.3. The number of aliphatic hydroxyl groups excluding tert-OH is 1. The second-order valence-corrected chi connectivity index (χ2v) is 4.45. The Balaban J connectivity index is 2.06. The Morgan fingerprint density at radius 2 is 2.41 bits per heavy atom. The smallest absolute Gasteiger partial charge is 0.222 e. The van der Waals surface area contributed by atoms with Crippen LogP contribution in [0.25, 0.3) is 0 Å². The maximum atomic E-state index is 11.1. The molecule has 0 spiro atoms. The number of aliphatic hydroxyl groups is 1. The molecule has 17 heavy (non-hydrogen) atoms. The van der Waals surface area contributed by atoms with Gasteiger partial charge in [-0.2, -0.15) is 0 Å². The number of nitrogens with zero attached hydrogens (tertiary/aromatic N) is 2. The van der Waals surface area contributed by atoms with Crippen molar-refractivity contribution in [2.45, 2.75) is 19.4 Å². The Bertz CT molecular complexity index is 403. The van der Waals surface area contributed by atoms with Gasteiger partial charge in [-0.3, -0.25) is 9.78 Å². The molecule has 92 valence electrons. The van der Waals surface area contributed by atoms with Crippen molar-refractivity contribution in [2.75, 3.05) is 18.0 Å². The van der Waals surface area contributed by atoms with Crippen molar-refractivity contribution in [1.29, 1.82) is 0 Å². The molecule has 1 unspecified atom stereocenters. The molecule has 1 saturated heterocycles. The molecule has 0 saturated carbocycles. The van der Waals surface area contributed by atoms with Gasteiger partial charge in [0.15, 0.2) is 0 Å². The number of rotatable bonds is 3. The number of hydrogen-bond donors (Lipinski definition) is 2. The molecule has 1 aliphatic heterocycles. The molecule has 0 bridgehead atoms. The number of amides is 1. The van der Waals surface area contributed by atoms with Crippen LogP contribution >= 0.6 is 0 Å². The second-order valence-electron chi connectivity index (χ2n) is 4.45. The van der Waals surface area contributed by atoms with Crippen molar-refractivity contribution in [3.05, 3.63) is 24.0 Å². The molecule has 1 fully saturated rings. The number of nitrogens with two attached hydrogens (primary N) is 1. The zero-order chi connectivity index (χ0) is 12.4. The Morgan fingerprint density at radius 1 is 1.65 bits per heavy atom. The van der Waals surface area contributed by atoms with E-state index in [1.807, 2.05) is 6.07 Å². The van der Waals surface area contributed by atoms with E-state index in [0.717, 1.165) is 18.7 Å². The number of aromatic nitrogens is 1. The monoisotopic (exact) mass is 235 g/mol. The SMILES string of the molecule is C[C@@H](O)c1ccc(N2CCC(C(N)=O)C2)cn1.